The van der Waals surface area contributed by atoms with Crippen LogP contribution in [-0.4, -0.2) is 45.2 Å². The minimum absolute atomic E-state index is 0.529. The van der Waals surface area contributed by atoms with Crippen LogP contribution >= 0.6 is 15.9 Å². The van der Waals surface area contributed by atoms with Gasteiger partial charge in [0.2, 0.25) is 5.95 Å². The van der Waals surface area contributed by atoms with Gasteiger partial charge in [0, 0.05) is 23.3 Å². The summed E-state index contributed by atoms with van der Waals surface area (Å²) in [6, 6.07) is 4.45. The van der Waals surface area contributed by atoms with Gasteiger partial charge in [-0.2, -0.15) is 4.98 Å². The highest BCUT2D eigenvalue weighted by Crippen LogP contribution is 2.14. The first-order valence-corrected chi connectivity index (χ1v) is 7.51. The van der Waals surface area contributed by atoms with Gasteiger partial charge in [-0.3, -0.25) is 4.90 Å². The predicted molar refractivity (Wildman–Crippen MR) is 79.4 cm³/mol. The van der Waals surface area contributed by atoms with Gasteiger partial charge in [0.1, 0.15) is 0 Å². The molecule has 6 heteroatoms. The third-order valence-electron chi connectivity index (χ3n) is 3.61. The molecule has 102 valence electrons. The largest absolute Gasteiger partial charge is 0.351 e. The smallest absolute Gasteiger partial charge is 0.243 e. The monoisotopic (exact) mass is 323 g/mol. The summed E-state index contributed by atoms with van der Waals surface area (Å²) in [6.07, 6.45) is 4.56. The van der Waals surface area contributed by atoms with Crippen LogP contribution in [0, 0.1) is 0 Å². The van der Waals surface area contributed by atoms with E-state index in [-0.39, 0.29) is 0 Å². The first kappa shape index (κ1) is 12.9. The molecule has 19 heavy (non-hydrogen) atoms. The molecule has 1 fully saturated rings. The Morgan fingerprint density at radius 2 is 2.16 bits per heavy atom. The summed E-state index contributed by atoms with van der Waals surface area (Å²) in [5, 5.41) is 7.75. The zero-order chi connectivity index (χ0) is 13.2. The van der Waals surface area contributed by atoms with Crippen LogP contribution in [0.5, 0.6) is 0 Å². The van der Waals surface area contributed by atoms with Crippen LogP contribution in [-0.2, 0) is 0 Å². The number of nitrogens with zero attached hydrogens (tertiary/aromatic N) is 4. The van der Waals surface area contributed by atoms with Crippen molar-refractivity contribution in [2.75, 3.05) is 25.0 Å². The van der Waals surface area contributed by atoms with Crippen LogP contribution in [0.3, 0.4) is 0 Å². The number of rotatable bonds is 4. The van der Waals surface area contributed by atoms with Crippen LogP contribution < -0.4 is 5.32 Å². The van der Waals surface area contributed by atoms with E-state index < -0.39 is 0 Å². The number of fused-ring (bicyclic) bond motifs is 1. The Balaban J connectivity index is 1.64. The molecule has 1 atom stereocenters. The number of pyridine rings is 1. The van der Waals surface area contributed by atoms with Crippen molar-refractivity contribution >= 4 is 27.5 Å². The summed E-state index contributed by atoms with van der Waals surface area (Å²) < 4.78 is 2.79. The standard InChI is InChI=1S/C13H18BrN5/c1-10(18-6-2-3-7-18)8-15-13-16-12-5-4-11(14)9-19(12)17-13/h4-5,9-10H,2-3,6-8H2,1H3,(H,15,17). The fraction of sp³-hybridized carbons (Fsp3) is 0.538. The molecule has 2 aromatic rings. The first-order chi connectivity index (χ1) is 9.22. The van der Waals surface area contributed by atoms with E-state index in [1.54, 1.807) is 4.52 Å². The maximum atomic E-state index is 4.45. The van der Waals surface area contributed by atoms with E-state index in [4.69, 9.17) is 0 Å². The van der Waals surface area contributed by atoms with Crippen molar-refractivity contribution in [2.45, 2.75) is 25.8 Å². The molecule has 3 rings (SSSR count). The molecule has 1 aliphatic rings. The number of aromatic nitrogens is 3. The van der Waals surface area contributed by atoms with Crippen LogP contribution in [0.15, 0.2) is 22.8 Å². The summed E-state index contributed by atoms with van der Waals surface area (Å²) in [6.45, 7) is 5.57. The fourth-order valence-corrected chi connectivity index (χ4v) is 2.81. The molecular formula is C13H18BrN5. The Hall–Kier alpha value is -1.14. The van der Waals surface area contributed by atoms with Crippen molar-refractivity contribution in [1.29, 1.82) is 0 Å². The van der Waals surface area contributed by atoms with E-state index in [9.17, 15) is 0 Å². The third-order valence-corrected chi connectivity index (χ3v) is 4.08. The molecule has 0 saturated carbocycles. The topological polar surface area (TPSA) is 45.5 Å². The quantitative estimate of drug-likeness (QED) is 0.938. The SMILES string of the molecule is CC(CNc1nc2ccc(Br)cn2n1)N1CCCC1. The lowest BCUT2D eigenvalue weighted by Gasteiger charge is -2.23. The molecule has 2 aromatic heterocycles. The molecule has 1 N–H and O–H groups in total. The second kappa shape index (κ2) is 5.46. The van der Waals surface area contributed by atoms with Crippen molar-refractivity contribution in [2.24, 2.45) is 0 Å². The van der Waals surface area contributed by atoms with Gasteiger partial charge in [-0.25, -0.2) is 4.52 Å². The van der Waals surface area contributed by atoms with E-state index in [0.717, 1.165) is 16.7 Å². The predicted octanol–water partition coefficient (Wildman–Crippen LogP) is 2.39. The van der Waals surface area contributed by atoms with E-state index in [1.165, 1.54) is 25.9 Å². The highest BCUT2D eigenvalue weighted by Gasteiger charge is 2.18. The molecule has 0 radical (unpaired) electrons. The van der Waals surface area contributed by atoms with Gasteiger partial charge < -0.3 is 5.32 Å². The Kier molecular flexibility index (Phi) is 3.70. The number of likely N-dealkylation sites (tertiary alicyclic amines) is 1. The molecule has 0 aromatic carbocycles. The van der Waals surface area contributed by atoms with Crippen molar-refractivity contribution < 1.29 is 0 Å². The number of anilines is 1. The average Bonchev–Trinajstić information content (AvgIpc) is 3.04. The van der Waals surface area contributed by atoms with Crippen molar-refractivity contribution in [3.05, 3.63) is 22.8 Å². The van der Waals surface area contributed by atoms with Gasteiger partial charge in [0.15, 0.2) is 5.65 Å². The second-order valence-corrected chi connectivity index (χ2v) is 5.97. The molecule has 0 aliphatic carbocycles. The van der Waals surface area contributed by atoms with Crippen LogP contribution in [0.4, 0.5) is 5.95 Å². The van der Waals surface area contributed by atoms with E-state index in [2.05, 4.69) is 43.2 Å². The van der Waals surface area contributed by atoms with Crippen molar-refractivity contribution in [1.82, 2.24) is 19.5 Å². The summed E-state index contributed by atoms with van der Waals surface area (Å²) >= 11 is 3.43. The van der Waals surface area contributed by atoms with Gasteiger partial charge in [0.25, 0.3) is 0 Å². The number of hydrogen-bond acceptors (Lipinski definition) is 4. The minimum atomic E-state index is 0.529. The van der Waals surface area contributed by atoms with Crippen LogP contribution in [0.2, 0.25) is 0 Å². The second-order valence-electron chi connectivity index (χ2n) is 5.06. The van der Waals surface area contributed by atoms with E-state index in [1.807, 2.05) is 18.3 Å². The Labute approximate surface area is 121 Å². The third kappa shape index (κ3) is 2.90. The fourth-order valence-electron chi connectivity index (χ4n) is 2.48. The summed E-state index contributed by atoms with van der Waals surface area (Å²) in [7, 11) is 0. The molecule has 5 nitrogen and oxygen atoms in total. The minimum Gasteiger partial charge on any atom is -0.351 e. The first-order valence-electron chi connectivity index (χ1n) is 6.72. The average molecular weight is 324 g/mol. The number of halogens is 1. The van der Waals surface area contributed by atoms with E-state index in [0.29, 0.717) is 12.0 Å². The van der Waals surface area contributed by atoms with Gasteiger partial charge in [-0.15, -0.1) is 5.10 Å². The van der Waals surface area contributed by atoms with Crippen LogP contribution in [0.1, 0.15) is 19.8 Å². The molecule has 1 unspecified atom stereocenters. The molecule has 1 aliphatic heterocycles. The summed E-state index contributed by atoms with van der Waals surface area (Å²) in [5.74, 6) is 0.698. The molecule has 0 amide bonds. The Bertz CT molecular complexity index is 561. The maximum absolute atomic E-state index is 4.45. The zero-order valence-corrected chi connectivity index (χ0v) is 12.6. The number of nitrogens with one attached hydrogen (secondary N) is 1. The molecular weight excluding hydrogens is 306 g/mol. The highest BCUT2D eigenvalue weighted by atomic mass is 79.9. The van der Waals surface area contributed by atoms with Crippen molar-refractivity contribution in [3.63, 3.8) is 0 Å². The number of hydrogen-bond donors (Lipinski definition) is 1. The summed E-state index contributed by atoms with van der Waals surface area (Å²) in [5.41, 5.74) is 0.861. The van der Waals surface area contributed by atoms with E-state index >= 15 is 0 Å². The van der Waals surface area contributed by atoms with Gasteiger partial charge >= 0.3 is 0 Å². The van der Waals surface area contributed by atoms with Gasteiger partial charge in [-0.05, 0) is 60.9 Å². The lowest BCUT2D eigenvalue weighted by Crippen LogP contribution is -2.35. The lowest BCUT2D eigenvalue weighted by atomic mass is 10.3. The molecule has 1 saturated heterocycles. The lowest BCUT2D eigenvalue weighted by molar-refractivity contribution is 0.269. The van der Waals surface area contributed by atoms with Crippen molar-refractivity contribution in [3.8, 4) is 0 Å². The molecule has 0 bridgehead atoms. The van der Waals surface area contributed by atoms with Crippen LogP contribution in [0.25, 0.3) is 5.65 Å². The van der Waals surface area contributed by atoms with Gasteiger partial charge in [-0.1, -0.05) is 0 Å². The Morgan fingerprint density at radius 1 is 1.37 bits per heavy atom. The summed E-state index contributed by atoms with van der Waals surface area (Å²) in [4.78, 5) is 6.97. The van der Waals surface area contributed by atoms with Gasteiger partial charge in [0.05, 0.1) is 0 Å². The molecule has 3 heterocycles. The zero-order valence-electron chi connectivity index (χ0n) is 11.0. The Morgan fingerprint density at radius 3 is 2.95 bits per heavy atom. The normalized spacial score (nSPS) is 18.0. The highest BCUT2D eigenvalue weighted by molar-refractivity contribution is 9.10. The maximum Gasteiger partial charge on any atom is 0.243 e. The molecule has 0 spiro atoms.